The Morgan fingerprint density at radius 1 is 0.951 bits per heavy atom. The van der Waals surface area contributed by atoms with E-state index in [1.807, 2.05) is 0 Å². The first kappa shape index (κ1) is 33.5. The third-order valence-corrected chi connectivity index (χ3v) is 6.89. The Morgan fingerprint density at radius 2 is 1.54 bits per heavy atom. The number of nitrogens with one attached hydrogen (secondary N) is 3. The van der Waals surface area contributed by atoms with Crippen LogP contribution in [0.5, 0.6) is 0 Å². The highest BCUT2D eigenvalue weighted by Crippen LogP contribution is 2.34. The molecule has 1 aliphatic carbocycles. The molecular formula is C26H38N4O10S. The Bertz CT molecular complexity index is 1110. The molecule has 0 unspecified atom stereocenters. The zero-order chi connectivity index (χ0) is 30.7. The van der Waals surface area contributed by atoms with Crippen molar-refractivity contribution in [1.82, 2.24) is 20.9 Å². The van der Waals surface area contributed by atoms with Gasteiger partial charge in [-0.05, 0) is 46.5 Å². The van der Waals surface area contributed by atoms with Gasteiger partial charge in [0.1, 0.15) is 30.6 Å². The van der Waals surface area contributed by atoms with Crippen molar-refractivity contribution in [3.8, 4) is 0 Å². The van der Waals surface area contributed by atoms with Crippen LogP contribution in [-0.2, 0) is 38.1 Å². The van der Waals surface area contributed by atoms with Gasteiger partial charge in [-0.3, -0.25) is 19.2 Å². The van der Waals surface area contributed by atoms with Gasteiger partial charge in [-0.15, -0.1) is 11.3 Å². The van der Waals surface area contributed by atoms with Gasteiger partial charge in [0.05, 0.1) is 12.1 Å². The zero-order valence-corrected chi connectivity index (χ0v) is 24.9. The molecule has 1 heterocycles. The zero-order valence-electron chi connectivity index (χ0n) is 24.1. The predicted molar refractivity (Wildman–Crippen MR) is 145 cm³/mol. The van der Waals surface area contributed by atoms with Crippen molar-refractivity contribution in [2.75, 3.05) is 20.3 Å². The molecule has 2 atom stereocenters. The Labute approximate surface area is 242 Å². The number of carbonyl (C=O) groups excluding carboxylic acids is 6. The van der Waals surface area contributed by atoms with Crippen LogP contribution >= 0.6 is 11.3 Å². The van der Waals surface area contributed by atoms with Gasteiger partial charge in [-0.2, -0.15) is 0 Å². The van der Waals surface area contributed by atoms with Crippen molar-refractivity contribution in [1.29, 1.82) is 0 Å². The average molecular weight is 599 g/mol. The smallest absolute Gasteiger partial charge is 0.407 e. The van der Waals surface area contributed by atoms with Crippen molar-refractivity contribution in [3.05, 3.63) is 16.1 Å². The van der Waals surface area contributed by atoms with Crippen molar-refractivity contribution >= 4 is 47.2 Å². The summed E-state index contributed by atoms with van der Waals surface area (Å²) < 4.78 is 19.7. The summed E-state index contributed by atoms with van der Waals surface area (Å²) >= 11 is 1.31. The Morgan fingerprint density at radius 3 is 2.07 bits per heavy atom. The Balaban J connectivity index is 2.01. The highest BCUT2D eigenvalue weighted by Gasteiger charge is 2.31. The van der Waals surface area contributed by atoms with E-state index in [1.165, 1.54) is 11.3 Å². The minimum Gasteiger partial charge on any atom is -0.467 e. The topological polar surface area (TPSA) is 188 Å². The number of rotatable bonds is 11. The molecule has 0 aliphatic heterocycles. The number of hydrogen-bond donors (Lipinski definition) is 3. The lowest BCUT2D eigenvalue weighted by atomic mass is 9.86. The summed E-state index contributed by atoms with van der Waals surface area (Å²) in [6.45, 7) is 6.67. The molecule has 3 N–H and O–H groups in total. The van der Waals surface area contributed by atoms with Crippen molar-refractivity contribution < 1.29 is 47.7 Å². The Kier molecular flexibility index (Phi) is 12.5. The molecule has 0 aromatic carbocycles. The summed E-state index contributed by atoms with van der Waals surface area (Å²) in [5.74, 6) is -3.69. The lowest BCUT2D eigenvalue weighted by molar-refractivity contribution is -0.152. The number of ether oxygens (including phenoxy) is 4. The van der Waals surface area contributed by atoms with Crippen LogP contribution in [0.3, 0.4) is 0 Å². The number of nitrogens with zero attached hydrogens (tertiary/aromatic N) is 1. The minimum atomic E-state index is -1.38. The molecule has 0 saturated heterocycles. The number of aromatic nitrogens is 1. The van der Waals surface area contributed by atoms with Crippen LogP contribution in [0.15, 0.2) is 5.38 Å². The van der Waals surface area contributed by atoms with Gasteiger partial charge in [-0.1, -0.05) is 0 Å². The molecule has 1 aromatic rings. The first-order valence-corrected chi connectivity index (χ1v) is 14.0. The summed E-state index contributed by atoms with van der Waals surface area (Å²) in [5, 5.41) is 10.0. The van der Waals surface area contributed by atoms with E-state index in [4.69, 9.17) is 14.2 Å². The third kappa shape index (κ3) is 11.7. The maximum absolute atomic E-state index is 13.0. The second kappa shape index (κ2) is 15.3. The second-order valence-electron chi connectivity index (χ2n) is 10.5. The standard InChI is InChI=1S/C26H38N4O10S/c1-14(31)38-11-18(21(33)29-19(24(35)37-6)12-39-15(2)32)28-22(34)20-13-41-23(30-20)16-7-9-17(10-8-16)27-25(36)40-26(3,4)5/h13,16-19H,7-12H2,1-6H3,(H,27,36)(H,28,34)(H,29,33)/t16?,17?,18-,19-/m0/s1. The van der Waals surface area contributed by atoms with Crippen molar-refractivity contribution in [3.63, 3.8) is 0 Å². The first-order chi connectivity index (χ1) is 19.2. The van der Waals surface area contributed by atoms with Crippen LogP contribution in [-0.4, -0.2) is 84.8 Å². The van der Waals surface area contributed by atoms with Gasteiger partial charge < -0.3 is 34.9 Å². The highest BCUT2D eigenvalue weighted by molar-refractivity contribution is 7.09. The minimum absolute atomic E-state index is 0.0148. The number of amides is 3. The lowest BCUT2D eigenvalue weighted by Gasteiger charge is -2.29. The number of methoxy groups -OCH3 is 1. The molecule has 1 aliphatic rings. The molecule has 1 aromatic heterocycles. The van der Waals surface area contributed by atoms with E-state index in [-0.39, 0.29) is 17.7 Å². The number of thiazole rings is 1. The van der Waals surface area contributed by atoms with E-state index in [2.05, 4.69) is 25.7 Å². The first-order valence-electron chi connectivity index (χ1n) is 13.1. The van der Waals surface area contributed by atoms with E-state index < -0.39 is 66.7 Å². The number of hydrogen-bond acceptors (Lipinski definition) is 12. The molecule has 228 valence electrons. The summed E-state index contributed by atoms with van der Waals surface area (Å²) in [7, 11) is 1.09. The van der Waals surface area contributed by atoms with Gasteiger partial charge in [0, 0.05) is 31.2 Å². The van der Waals surface area contributed by atoms with Gasteiger partial charge in [0.25, 0.3) is 5.91 Å². The molecule has 0 spiro atoms. The monoisotopic (exact) mass is 598 g/mol. The van der Waals surface area contributed by atoms with E-state index >= 15 is 0 Å². The number of esters is 3. The Hall–Kier alpha value is -3.75. The largest absolute Gasteiger partial charge is 0.467 e. The molecule has 0 bridgehead atoms. The molecular weight excluding hydrogens is 560 g/mol. The maximum Gasteiger partial charge on any atom is 0.407 e. The molecule has 0 radical (unpaired) electrons. The van der Waals surface area contributed by atoms with Gasteiger partial charge in [0.2, 0.25) is 5.91 Å². The normalized spacial score (nSPS) is 18.2. The van der Waals surface area contributed by atoms with E-state index in [9.17, 15) is 28.8 Å². The summed E-state index contributed by atoms with van der Waals surface area (Å²) in [4.78, 5) is 76.9. The fourth-order valence-electron chi connectivity index (χ4n) is 3.94. The molecule has 1 fully saturated rings. The van der Waals surface area contributed by atoms with E-state index in [0.29, 0.717) is 0 Å². The summed E-state index contributed by atoms with van der Waals surface area (Å²) in [6.07, 6.45) is 2.51. The van der Waals surface area contributed by atoms with Gasteiger partial charge >= 0.3 is 24.0 Å². The van der Waals surface area contributed by atoms with Crippen molar-refractivity contribution in [2.24, 2.45) is 0 Å². The van der Waals surface area contributed by atoms with Gasteiger partial charge in [0.15, 0.2) is 6.04 Å². The molecule has 41 heavy (non-hydrogen) atoms. The van der Waals surface area contributed by atoms with E-state index in [0.717, 1.165) is 51.6 Å². The SMILES string of the molecule is COC(=O)[C@H](COC(C)=O)NC(=O)[C@H](COC(C)=O)NC(=O)c1csc(C2CCC(NC(=O)OC(C)(C)C)CC2)n1. The summed E-state index contributed by atoms with van der Waals surface area (Å²) in [5.41, 5.74) is -0.506. The van der Waals surface area contributed by atoms with Gasteiger partial charge in [-0.25, -0.2) is 14.6 Å². The predicted octanol–water partition coefficient (Wildman–Crippen LogP) is 1.58. The molecule has 2 rings (SSSR count). The van der Waals surface area contributed by atoms with Crippen LogP contribution in [0.25, 0.3) is 0 Å². The van der Waals surface area contributed by atoms with Crippen LogP contribution in [0.1, 0.15) is 81.7 Å². The maximum atomic E-state index is 13.0. The van der Waals surface area contributed by atoms with E-state index in [1.54, 1.807) is 26.2 Å². The third-order valence-electron chi connectivity index (χ3n) is 5.88. The fourth-order valence-corrected chi connectivity index (χ4v) is 4.91. The van der Waals surface area contributed by atoms with Crippen molar-refractivity contribution in [2.45, 2.75) is 89.9 Å². The van der Waals surface area contributed by atoms with Crippen LogP contribution in [0, 0.1) is 0 Å². The highest BCUT2D eigenvalue weighted by atomic mass is 32.1. The molecule has 15 heteroatoms. The van der Waals surface area contributed by atoms with Crippen LogP contribution in [0.4, 0.5) is 4.79 Å². The molecule has 14 nitrogen and oxygen atoms in total. The average Bonchev–Trinajstić information content (AvgIpc) is 3.38. The quantitative estimate of drug-likeness (QED) is 0.248. The summed E-state index contributed by atoms with van der Waals surface area (Å²) in [6, 6.07) is -2.74. The fraction of sp³-hybridized carbons (Fsp3) is 0.654. The second-order valence-corrected chi connectivity index (χ2v) is 11.4. The van der Waals surface area contributed by atoms with Crippen LogP contribution < -0.4 is 16.0 Å². The number of alkyl carbamates (subject to hydrolysis) is 1. The van der Waals surface area contributed by atoms with Crippen LogP contribution in [0.2, 0.25) is 0 Å². The molecule has 3 amide bonds. The number of carbonyl (C=O) groups is 6. The molecule has 1 saturated carbocycles. The lowest BCUT2D eigenvalue weighted by Crippen LogP contribution is -2.55.